The lowest BCUT2D eigenvalue weighted by Gasteiger charge is -2.17. The molecule has 1 N–H and O–H groups in total. The molecule has 0 aromatic heterocycles. The summed E-state index contributed by atoms with van der Waals surface area (Å²) in [5, 5.41) is 9.11. The van der Waals surface area contributed by atoms with E-state index in [0.717, 1.165) is 5.56 Å². The van der Waals surface area contributed by atoms with Gasteiger partial charge in [-0.05, 0) is 11.6 Å². The SMILES string of the molecule is CN1C(=O)c2ccccc2C1CO. The maximum atomic E-state index is 11.6. The number of rotatable bonds is 1. The van der Waals surface area contributed by atoms with E-state index in [2.05, 4.69) is 0 Å². The van der Waals surface area contributed by atoms with Crippen LogP contribution in [0.1, 0.15) is 22.0 Å². The predicted octanol–water partition coefficient (Wildman–Crippen LogP) is 0.806. The number of hydrogen-bond acceptors (Lipinski definition) is 2. The van der Waals surface area contributed by atoms with Crippen LogP contribution >= 0.6 is 0 Å². The zero-order chi connectivity index (χ0) is 9.42. The zero-order valence-electron chi connectivity index (χ0n) is 7.40. The fourth-order valence-electron chi connectivity index (χ4n) is 1.74. The Kier molecular flexibility index (Phi) is 1.81. The van der Waals surface area contributed by atoms with E-state index < -0.39 is 0 Å². The molecule has 1 amide bonds. The molecule has 0 radical (unpaired) electrons. The molecule has 1 atom stereocenters. The predicted molar refractivity (Wildman–Crippen MR) is 48.4 cm³/mol. The molecule has 1 aliphatic rings. The number of hydrogen-bond donors (Lipinski definition) is 1. The van der Waals surface area contributed by atoms with Gasteiger partial charge in [0.1, 0.15) is 0 Å². The molecule has 0 saturated carbocycles. The number of aliphatic hydroxyl groups is 1. The Bertz CT molecular complexity index is 349. The summed E-state index contributed by atoms with van der Waals surface area (Å²) in [4.78, 5) is 13.2. The highest BCUT2D eigenvalue weighted by atomic mass is 16.3. The van der Waals surface area contributed by atoms with Crippen molar-refractivity contribution in [3.05, 3.63) is 35.4 Å². The molecule has 1 aliphatic heterocycles. The second-order valence-electron chi connectivity index (χ2n) is 3.20. The van der Waals surface area contributed by atoms with Gasteiger partial charge < -0.3 is 10.0 Å². The summed E-state index contributed by atoms with van der Waals surface area (Å²) in [5.41, 5.74) is 1.64. The fourth-order valence-corrected chi connectivity index (χ4v) is 1.74. The van der Waals surface area contributed by atoms with Crippen LogP contribution in [0.15, 0.2) is 24.3 Å². The normalized spacial score (nSPS) is 20.6. The van der Waals surface area contributed by atoms with Gasteiger partial charge in [0.2, 0.25) is 0 Å². The molecule has 13 heavy (non-hydrogen) atoms. The Labute approximate surface area is 76.6 Å². The largest absolute Gasteiger partial charge is 0.394 e. The summed E-state index contributed by atoms with van der Waals surface area (Å²) < 4.78 is 0. The highest BCUT2D eigenvalue weighted by Crippen LogP contribution is 2.31. The molecule has 1 aromatic rings. The lowest BCUT2D eigenvalue weighted by atomic mass is 10.1. The Morgan fingerprint density at radius 3 is 2.85 bits per heavy atom. The summed E-state index contributed by atoms with van der Waals surface area (Å²) in [6, 6.07) is 7.24. The first-order valence-electron chi connectivity index (χ1n) is 4.22. The molecule has 0 fully saturated rings. The van der Waals surface area contributed by atoms with Crippen molar-refractivity contribution in [2.75, 3.05) is 13.7 Å². The highest BCUT2D eigenvalue weighted by Gasteiger charge is 2.32. The molecule has 3 nitrogen and oxygen atoms in total. The molecule has 68 valence electrons. The lowest BCUT2D eigenvalue weighted by molar-refractivity contribution is 0.0717. The average Bonchev–Trinajstić information content (AvgIpc) is 2.41. The number of benzene rings is 1. The number of likely N-dealkylation sites (N-methyl/N-ethyl adjacent to an activating group) is 1. The van der Waals surface area contributed by atoms with Gasteiger partial charge in [-0.25, -0.2) is 0 Å². The maximum Gasteiger partial charge on any atom is 0.254 e. The molecule has 1 aromatic carbocycles. The van der Waals surface area contributed by atoms with Crippen LogP contribution in [0, 0.1) is 0 Å². The van der Waals surface area contributed by atoms with Crippen molar-refractivity contribution in [2.45, 2.75) is 6.04 Å². The van der Waals surface area contributed by atoms with Gasteiger partial charge in [0.25, 0.3) is 5.91 Å². The second kappa shape index (κ2) is 2.85. The first kappa shape index (κ1) is 8.26. The Morgan fingerprint density at radius 1 is 1.46 bits per heavy atom. The second-order valence-corrected chi connectivity index (χ2v) is 3.20. The van der Waals surface area contributed by atoms with Gasteiger partial charge >= 0.3 is 0 Å². The maximum absolute atomic E-state index is 11.6. The van der Waals surface area contributed by atoms with Gasteiger partial charge in [0, 0.05) is 12.6 Å². The lowest BCUT2D eigenvalue weighted by Crippen LogP contribution is -2.25. The highest BCUT2D eigenvalue weighted by molar-refractivity contribution is 5.98. The Hall–Kier alpha value is -1.35. The summed E-state index contributed by atoms with van der Waals surface area (Å²) in [6.07, 6.45) is 0. The number of carbonyl (C=O) groups excluding carboxylic acids is 1. The van der Waals surface area contributed by atoms with Crippen molar-refractivity contribution in [1.29, 1.82) is 0 Å². The molecular weight excluding hydrogens is 166 g/mol. The molecule has 3 heteroatoms. The molecule has 0 aliphatic carbocycles. The Balaban J connectivity index is 2.53. The van der Waals surface area contributed by atoms with Gasteiger partial charge in [-0.15, -0.1) is 0 Å². The van der Waals surface area contributed by atoms with E-state index in [-0.39, 0.29) is 18.6 Å². The van der Waals surface area contributed by atoms with Gasteiger partial charge in [0.05, 0.1) is 12.6 Å². The number of amides is 1. The van der Waals surface area contributed by atoms with Gasteiger partial charge in [-0.1, -0.05) is 18.2 Å². The van der Waals surface area contributed by atoms with E-state index in [9.17, 15) is 4.79 Å². The molecule has 0 spiro atoms. The van der Waals surface area contributed by atoms with E-state index in [1.165, 1.54) is 0 Å². The van der Waals surface area contributed by atoms with Crippen molar-refractivity contribution in [1.82, 2.24) is 4.90 Å². The van der Waals surface area contributed by atoms with E-state index in [0.29, 0.717) is 5.56 Å². The molecule has 1 heterocycles. The topological polar surface area (TPSA) is 40.5 Å². The number of fused-ring (bicyclic) bond motifs is 1. The first-order valence-corrected chi connectivity index (χ1v) is 4.22. The van der Waals surface area contributed by atoms with Crippen molar-refractivity contribution in [2.24, 2.45) is 0 Å². The van der Waals surface area contributed by atoms with Crippen molar-refractivity contribution in [3.8, 4) is 0 Å². The first-order chi connectivity index (χ1) is 6.25. The quantitative estimate of drug-likeness (QED) is 0.689. The Morgan fingerprint density at radius 2 is 2.15 bits per heavy atom. The molecule has 0 bridgehead atoms. The zero-order valence-corrected chi connectivity index (χ0v) is 7.40. The van der Waals surface area contributed by atoms with E-state index in [1.54, 1.807) is 18.0 Å². The number of carbonyl (C=O) groups is 1. The monoisotopic (exact) mass is 177 g/mol. The average molecular weight is 177 g/mol. The third kappa shape index (κ3) is 1.04. The van der Waals surface area contributed by atoms with Crippen LogP contribution in [0.25, 0.3) is 0 Å². The van der Waals surface area contributed by atoms with Crippen LogP contribution in [-0.2, 0) is 0 Å². The van der Waals surface area contributed by atoms with Crippen LogP contribution in [-0.4, -0.2) is 29.6 Å². The minimum Gasteiger partial charge on any atom is -0.394 e. The van der Waals surface area contributed by atoms with Crippen molar-refractivity contribution < 1.29 is 9.90 Å². The van der Waals surface area contributed by atoms with Crippen LogP contribution in [0.3, 0.4) is 0 Å². The summed E-state index contributed by atoms with van der Waals surface area (Å²) in [6.45, 7) is -0.0146. The fraction of sp³-hybridized carbons (Fsp3) is 0.300. The molecule has 2 rings (SSSR count). The van der Waals surface area contributed by atoms with Crippen LogP contribution in [0.5, 0.6) is 0 Å². The smallest absolute Gasteiger partial charge is 0.254 e. The number of nitrogens with zero attached hydrogens (tertiary/aromatic N) is 1. The van der Waals surface area contributed by atoms with Gasteiger partial charge in [-0.3, -0.25) is 4.79 Å². The summed E-state index contributed by atoms with van der Waals surface area (Å²) in [7, 11) is 1.71. The third-order valence-electron chi connectivity index (χ3n) is 2.51. The van der Waals surface area contributed by atoms with Crippen molar-refractivity contribution >= 4 is 5.91 Å². The molecule has 1 unspecified atom stereocenters. The van der Waals surface area contributed by atoms with Crippen LogP contribution < -0.4 is 0 Å². The number of aliphatic hydroxyl groups excluding tert-OH is 1. The van der Waals surface area contributed by atoms with E-state index in [4.69, 9.17) is 5.11 Å². The standard InChI is InChI=1S/C10H11NO2/c1-11-9(6-12)7-4-2-3-5-8(7)10(11)13/h2-5,9,12H,6H2,1H3. The van der Waals surface area contributed by atoms with E-state index >= 15 is 0 Å². The minimum atomic E-state index is -0.163. The van der Waals surface area contributed by atoms with Crippen LogP contribution in [0.2, 0.25) is 0 Å². The summed E-state index contributed by atoms with van der Waals surface area (Å²) >= 11 is 0. The molecule has 0 saturated heterocycles. The van der Waals surface area contributed by atoms with E-state index in [1.807, 2.05) is 18.2 Å². The minimum absolute atomic E-state index is 0.00495. The van der Waals surface area contributed by atoms with Gasteiger partial charge in [-0.2, -0.15) is 0 Å². The molecular formula is C10H11NO2. The third-order valence-corrected chi connectivity index (χ3v) is 2.51. The summed E-state index contributed by atoms with van der Waals surface area (Å²) in [5.74, 6) is -0.00495. The van der Waals surface area contributed by atoms with Crippen molar-refractivity contribution in [3.63, 3.8) is 0 Å². The van der Waals surface area contributed by atoms with Gasteiger partial charge in [0.15, 0.2) is 0 Å². The van der Waals surface area contributed by atoms with Crippen LogP contribution in [0.4, 0.5) is 0 Å².